The van der Waals surface area contributed by atoms with Gasteiger partial charge in [0.05, 0.1) is 17.6 Å². The molecule has 0 fully saturated rings. The molecule has 0 N–H and O–H groups in total. The highest BCUT2D eigenvalue weighted by atomic mass is 35.7. The largest absolute Gasteiger partial charge is 0.459 e. The monoisotopic (exact) mass is 326 g/mol. The molecule has 1 heterocycles. The Morgan fingerprint density at radius 1 is 1.42 bits per heavy atom. The van der Waals surface area contributed by atoms with Gasteiger partial charge in [0.15, 0.2) is 0 Å². The van der Waals surface area contributed by atoms with Crippen LogP contribution in [0.15, 0.2) is 11.0 Å². The molecule has 8 heteroatoms. The molecule has 19 heavy (non-hydrogen) atoms. The van der Waals surface area contributed by atoms with Crippen LogP contribution in [0.4, 0.5) is 0 Å². The van der Waals surface area contributed by atoms with Crippen molar-refractivity contribution in [3.63, 3.8) is 0 Å². The summed E-state index contributed by atoms with van der Waals surface area (Å²) >= 11 is 1.03. The van der Waals surface area contributed by atoms with E-state index in [2.05, 4.69) is 0 Å². The molecule has 5 nitrogen and oxygen atoms in total. The number of carbonyl (C=O) groups is 1. The first-order valence-corrected chi connectivity index (χ1v) is 8.68. The summed E-state index contributed by atoms with van der Waals surface area (Å²) in [6.45, 7) is 5.76. The first-order chi connectivity index (χ1) is 8.71. The third kappa shape index (κ3) is 5.10. The molecule has 0 aliphatic heterocycles. The Balaban J connectivity index is 2.64. The molecule has 0 bridgehead atoms. The van der Waals surface area contributed by atoms with Crippen LogP contribution >= 0.6 is 22.0 Å². The van der Waals surface area contributed by atoms with E-state index in [1.165, 1.54) is 6.07 Å². The number of esters is 1. The van der Waals surface area contributed by atoms with E-state index >= 15 is 0 Å². The zero-order chi connectivity index (χ0) is 14.6. The minimum atomic E-state index is -3.83. The molecule has 0 atom stereocenters. The van der Waals surface area contributed by atoms with E-state index < -0.39 is 15.0 Å². The molecule has 0 saturated carbocycles. The average molecular weight is 327 g/mol. The average Bonchev–Trinajstić information content (AvgIpc) is 2.66. The second-order valence-corrected chi connectivity index (χ2v) is 7.82. The van der Waals surface area contributed by atoms with E-state index in [4.69, 9.17) is 20.2 Å². The standard InChI is InChI=1S/C11H15ClO5S2/c1-7(2)16-4-5-17-11(13)9-6-10(8(3)18-9)19(12,14)15/h6-7H,4-5H2,1-3H3. The van der Waals surface area contributed by atoms with Crippen LogP contribution in [-0.2, 0) is 18.5 Å². The Kier molecular flexibility index (Phi) is 5.79. The van der Waals surface area contributed by atoms with Gasteiger partial charge in [0, 0.05) is 15.6 Å². The topological polar surface area (TPSA) is 69.7 Å². The van der Waals surface area contributed by atoms with E-state index in [1.54, 1.807) is 6.92 Å². The second kappa shape index (κ2) is 6.69. The van der Waals surface area contributed by atoms with E-state index in [1.807, 2.05) is 13.8 Å². The SMILES string of the molecule is Cc1sc(C(=O)OCCOC(C)C)cc1S(=O)(=O)Cl. The van der Waals surface area contributed by atoms with E-state index in [0.717, 1.165) is 11.3 Å². The van der Waals surface area contributed by atoms with Crippen molar-refractivity contribution in [1.29, 1.82) is 0 Å². The molecular weight excluding hydrogens is 312 g/mol. The number of carbonyl (C=O) groups excluding carboxylic acids is 1. The van der Waals surface area contributed by atoms with Gasteiger partial charge in [0.1, 0.15) is 11.5 Å². The molecule has 0 aliphatic carbocycles. The quantitative estimate of drug-likeness (QED) is 0.456. The molecular formula is C11H15ClO5S2. The molecule has 0 unspecified atom stereocenters. The summed E-state index contributed by atoms with van der Waals surface area (Å²) in [5.74, 6) is -0.577. The molecule has 0 amide bonds. The molecule has 1 aromatic rings. The summed E-state index contributed by atoms with van der Waals surface area (Å²) in [6.07, 6.45) is 0.0654. The van der Waals surface area contributed by atoms with Crippen molar-refractivity contribution in [2.75, 3.05) is 13.2 Å². The van der Waals surface area contributed by atoms with Crippen molar-refractivity contribution >= 4 is 37.0 Å². The normalized spacial score (nSPS) is 11.8. The van der Waals surface area contributed by atoms with Gasteiger partial charge in [-0.05, 0) is 26.8 Å². The predicted octanol–water partition coefficient (Wildman–Crippen LogP) is 2.57. The fourth-order valence-corrected chi connectivity index (χ4v) is 3.85. The molecule has 108 valence electrons. The van der Waals surface area contributed by atoms with Gasteiger partial charge in [0.25, 0.3) is 9.05 Å². The minimum absolute atomic E-state index is 0.0513. The predicted molar refractivity (Wildman–Crippen MR) is 73.5 cm³/mol. The summed E-state index contributed by atoms with van der Waals surface area (Å²) in [5.41, 5.74) is 0. The van der Waals surface area contributed by atoms with Crippen molar-refractivity contribution in [3.8, 4) is 0 Å². The number of thiophene rings is 1. The van der Waals surface area contributed by atoms with Crippen LogP contribution in [0.5, 0.6) is 0 Å². The van der Waals surface area contributed by atoms with Gasteiger partial charge in [-0.1, -0.05) is 0 Å². The van der Waals surface area contributed by atoms with Crippen molar-refractivity contribution in [2.45, 2.75) is 31.8 Å². The van der Waals surface area contributed by atoms with Gasteiger partial charge in [-0.3, -0.25) is 0 Å². The molecule has 0 aromatic carbocycles. The molecule has 1 aromatic heterocycles. The van der Waals surface area contributed by atoms with Crippen molar-refractivity contribution in [2.24, 2.45) is 0 Å². The van der Waals surface area contributed by atoms with Gasteiger partial charge in [-0.2, -0.15) is 0 Å². The summed E-state index contributed by atoms with van der Waals surface area (Å²) in [4.78, 5) is 12.3. The van der Waals surface area contributed by atoms with Crippen molar-refractivity contribution < 1.29 is 22.7 Å². The number of hydrogen-bond donors (Lipinski definition) is 0. The number of ether oxygens (including phenoxy) is 2. The summed E-state index contributed by atoms with van der Waals surface area (Å²) in [5, 5.41) is 0. The smallest absolute Gasteiger partial charge is 0.348 e. The van der Waals surface area contributed by atoms with Crippen molar-refractivity contribution in [1.82, 2.24) is 0 Å². The Bertz CT molecular complexity index is 547. The minimum Gasteiger partial charge on any atom is -0.459 e. The maximum absolute atomic E-state index is 11.7. The van der Waals surface area contributed by atoms with Crippen LogP contribution in [-0.4, -0.2) is 33.7 Å². The Morgan fingerprint density at radius 3 is 2.53 bits per heavy atom. The number of aryl methyl sites for hydroxylation is 1. The van der Waals surface area contributed by atoms with E-state index in [0.29, 0.717) is 11.5 Å². The Morgan fingerprint density at radius 2 is 2.05 bits per heavy atom. The summed E-state index contributed by atoms with van der Waals surface area (Å²) in [6, 6.07) is 1.23. The highest BCUT2D eigenvalue weighted by molar-refractivity contribution is 8.13. The van der Waals surface area contributed by atoms with Crippen LogP contribution in [0, 0.1) is 6.92 Å². The summed E-state index contributed by atoms with van der Waals surface area (Å²) in [7, 11) is 1.42. The number of hydrogen-bond acceptors (Lipinski definition) is 6. The number of halogens is 1. The first kappa shape index (κ1) is 16.4. The zero-order valence-electron chi connectivity index (χ0n) is 10.8. The maximum atomic E-state index is 11.7. The van der Waals surface area contributed by atoms with Gasteiger partial charge < -0.3 is 9.47 Å². The van der Waals surface area contributed by atoms with Crippen LogP contribution in [0.2, 0.25) is 0 Å². The molecule has 0 aliphatic rings. The Hall–Kier alpha value is -0.630. The highest BCUT2D eigenvalue weighted by Crippen LogP contribution is 2.28. The highest BCUT2D eigenvalue weighted by Gasteiger charge is 2.21. The molecule has 1 rings (SSSR count). The van der Waals surface area contributed by atoms with Gasteiger partial charge >= 0.3 is 5.97 Å². The van der Waals surface area contributed by atoms with Crippen LogP contribution in [0.3, 0.4) is 0 Å². The second-order valence-electron chi connectivity index (χ2n) is 4.02. The molecule has 0 radical (unpaired) electrons. The van der Waals surface area contributed by atoms with E-state index in [-0.39, 0.29) is 22.5 Å². The van der Waals surface area contributed by atoms with Crippen LogP contribution < -0.4 is 0 Å². The van der Waals surface area contributed by atoms with Crippen LogP contribution in [0.1, 0.15) is 28.4 Å². The lowest BCUT2D eigenvalue weighted by molar-refractivity contribution is 0.0180. The third-order valence-corrected chi connectivity index (χ3v) is 4.71. The first-order valence-electron chi connectivity index (χ1n) is 5.55. The third-order valence-electron chi connectivity index (χ3n) is 2.10. The lowest BCUT2D eigenvalue weighted by Crippen LogP contribution is -2.12. The van der Waals surface area contributed by atoms with Gasteiger partial charge in [0.2, 0.25) is 0 Å². The van der Waals surface area contributed by atoms with Gasteiger partial charge in [-0.25, -0.2) is 13.2 Å². The molecule has 0 spiro atoms. The van der Waals surface area contributed by atoms with Crippen LogP contribution in [0.25, 0.3) is 0 Å². The summed E-state index contributed by atoms with van der Waals surface area (Å²) < 4.78 is 32.6. The maximum Gasteiger partial charge on any atom is 0.348 e. The van der Waals surface area contributed by atoms with Gasteiger partial charge in [-0.15, -0.1) is 11.3 Å². The molecule has 0 saturated heterocycles. The van der Waals surface area contributed by atoms with Crippen molar-refractivity contribution in [3.05, 3.63) is 15.8 Å². The number of rotatable bonds is 6. The fraction of sp³-hybridized carbons (Fsp3) is 0.545. The lowest BCUT2D eigenvalue weighted by atomic mass is 10.4. The lowest BCUT2D eigenvalue weighted by Gasteiger charge is -2.07. The Labute approximate surface area is 120 Å². The fourth-order valence-electron chi connectivity index (χ4n) is 1.30. The zero-order valence-corrected chi connectivity index (χ0v) is 13.2. The van der Waals surface area contributed by atoms with E-state index in [9.17, 15) is 13.2 Å².